The molecule has 0 aliphatic heterocycles. The molecule has 0 saturated heterocycles. The van der Waals surface area contributed by atoms with Gasteiger partial charge < -0.3 is 5.11 Å². The minimum absolute atomic E-state index is 0.265. The van der Waals surface area contributed by atoms with Crippen LogP contribution >= 0.6 is 0 Å². The number of hydrogen-bond acceptors (Lipinski definition) is 1. The van der Waals surface area contributed by atoms with Crippen molar-refractivity contribution >= 4 is 0 Å². The predicted octanol–water partition coefficient (Wildman–Crippen LogP) is 3.97. The second kappa shape index (κ2) is 5.81. The van der Waals surface area contributed by atoms with Crippen LogP contribution in [0.25, 0.3) is 0 Å². The summed E-state index contributed by atoms with van der Waals surface area (Å²) in [5.74, 6) is -10.4. The highest BCUT2D eigenvalue weighted by molar-refractivity contribution is 5.29. The van der Waals surface area contributed by atoms with Crippen LogP contribution in [0.15, 0.2) is 24.3 Å². The molecule has 1 atom stereocenters. The SMILES string of the molecule is Cc1ccc(CC(O)c2c(F)c(F)c(F)c(F)c2F)cc1. The Bertz CT molecular complexity index is 638. The van der Waals surface area contributed by atoms with Gasteiger partial charge in [0.25, 0.3) is 0 Å². The van der Waals surface area contributed by atoms with Crippen LogP contribution in [0.2, 0.25) is 0 Å². The molecular weight excluding hydrogens is 291 g/mol. The molecule has 0 saturated carbocycles. The molecule has 2 rings (SSSR count). The second-order valence-electron chi connectivity index (χ2n) is 4.69. The molecule has 0 heterocycles. The summed E-state index contributed by atoms with van der Waals surface area (Å²) in [5.41, 5.74) is 0.230. The molecule has 0 aliphatic carbocycles. The zero-order chi connectivity index (χ0) is 15.7. The number of halogens is 5. The van der Waals surface area contributed by atoms with E-state index in [1.165, 1.54) is 0 Å². The summed E-state index contributed by atoms with van der Waals surface area (Å²) >= 11 is 0. The lowest BCUT2D eigenvalue weighted by molar-refractivity contribution is 0.164. The van der Waals surface area contributed by atoms with Crippen LogP contribution in [0.4, 0.5) is 22.0 Å². The fourth-order valence-corrected chi connectivity index (χ4v) is 1.96. The Hall–Kier alpha value is -1.95. The first-order chi connectivity index (χ1) is 9.82. The molecule has 0 fully saturated rings. The molecule has 1 nitrogen and oxygen atoms in total. The van der Waals surface area contributed by atoms with Crippen molar-refractivity contribution in [2.75, 3.05) is 0 Å². The van der Waals surface area contributed by atoms with Crippen molar-refractivity contribution < 1.29 is 27.1 Å². The minimum Gasteiger partial charge on any atom is -0.388 e. The molecule has 0 spiro atoms. The van der Waals surface area contributed by atoms with E-state index in [9.17, 15) is 27.1 Å². The van der Waals surface area contributed by atoms with Crippen molar-refractivity contribution in [2.24, 2.45) is 0 Å². The zero-order valence-electron chi connectivity index (χ0n) is 10.9. The molecule has 112 valence electrons. The van der Waals surface area contributed by atoms with Gasteiger partial charge >= 0.3 is 0 Å². The normalized spacial score (nSPS) is 12.5. The topological polar surface area (TPSA) is 20.2 Å². The van der Waals surface area contributed by atoms with Crippen molar-refractivity contribution in [3.05, 3.63) is 70.0 Å². The van der Waals surface area contributed by atoms with Crippen molar-refractivity contribution in [3.63, 3.8) is 0 Å². The Kier molecular flexibility index (Phi) is 4.27. The predicted molar refractivity (Wildman–Crippen MR) is 66.1 cm³/mol. The first-order valence-electron chi connectivity index (χ1n) is 6.07. The largest absolute Gasteiger partial charge is 0.388 e. The van der Waals surface area contributed by atoms with Crippen LogP contribution in [0.1, 0.15) is 22.8 Å². The molecule has 2 aromatic carbocycles. The number of rotatable bonds is 3. The quantitative estimate of drug-likeness (QED) is 0.517. The number of hydrogen-bond donors (Lipinski definition) is 1. The van der Waals surface area contributed by atoms with Gasteiger partial charge in [0.2, 0.25) is 5.82 Å². The van der Waals surface area contributed by atoms with E-state index in [0.29, 0.717) is 5.56 Å². The van der Waals surface area contributed by atoms with Crippen molar-refractivity contribution in [2.45, 2.75) is 19.4 Å². The molecule has 2 aromatic rings. The van der Waals surface area contributed by atoms with Crippen LogP contribution < -0.4 is 0 Å². The standard InChI is InChI=1S/C15H11F5O/c1-7-2-4-8(5-3-7)6-9(21)10-11(16)13(18)15(20)14(19)12(10)17/h2-5,9,21H,6H2,1H3. The van der Waals surface area contributed by atoms with Gasteiger partial charge in [-0.3, -0.25) is 0 Å². The Morgan fingerprint density at radius 1 is 0.810 bits per heavy atom. The van der Waals surface area contributed by atoms with Gasteiger partial charge in [-0.25, -0.2) is 22.0 Å². The van der Waals surface area contributed by atoms with E-state index in [0.717, 1.165) is 5.56 Å². The van der Waals surface area contributed by atoms with Crippen LogP contribution in [0.3, 0.4) is 0 Å². The van der Waals surface area contributed by atoms with Gasteiger partial charge in [-0.2, -0.15) is 0 Å². The number of aryl methyl sites for hydroxylation is 1. The van der Waals surface area contributed by atoms with Gasteiger partial charge in [-0.05, 0) is 12.5 Å². The van der Waals surface area contributed by atoms with E-state index in [-0.39, 0.29) is 6.42 Å². The van der Waals surface area contributed by atoms with Gasteiger partial charge in [0.05, 0.1) is 11.7 Å². The number of aliphatic hydroxyl groups excluding tert-OH is 1. The van der Waals surface area contributed by atoms with Gasteiger partial charge in [-0.15, -0.1) is 0 Å². The molecule has 0 radical (unpaired) electrons. The van der Waals surface area contributed by atoms with E-state index in [4.69, 9.17) is 0 Å². The first-order valence-corrected chi connectivity index (χ1v) is 6.07. The first kappa shape index (κ1) is 15.4. The highest BCUT2D eigenvalue weighted by atomic mass is 19.2. The van der Waals surface area contributed by atoms with E-state index >= 15 is 0 Å². The summed E-state index contributed by atoms with van der Waals surface area (Å²) in [5, 5.41) is 9.81. The van der Waals surface area contributed by atoms with Gasteiger partial charge in [0.1, 0.15) is 0 Å². The smallest absolute Gasteiger partial charge is 0.200 e. The number of aliphatic hydroxyl groups is 1. The maximum absolute atomic E-state index is 13.5. The van der Waals surface area contributed by atoms with E-state index in [1.54, 1.807) is 24.3 Å². The van der Waals surface area contributed by atoms with Gasteiger partial charge in [0, 0.05) is 6.42 Å². The summed E-state index contributed by atoms with van der Waals surface area (Å²) in [4.78, 5) is 0. The van der Waals surface area contributed by atoms with E-state index in [2.05, 4.69) is 0 Å². The molecule has 0 aliphatic rings. The lowest BCUT2D eigenvalue weighted by Gasteiger charge is -2.14. The summed E-state index contributed by atoms with van der Waals surface area (Å²) in [7, 11) is 0. The third-order valence-electron chi connectivity index (χ3n) is 3.13. The highest BCUT2D eigenvalue weighted by Gasteiger charge is 2.29. The van der Waals surface area contributed by atoms with Crippen molar-refractivity contribution in [1.82, 2.24) is 0 Å². The molecule has 1 N–H and O–H groups in total. The monoisotopic (exact) mass is 302 g/mol. The summed E-state index contributed by atoms with van der Waals surface area (Å²) in [6.07, 6.45) is -2.10. The average Bonchev–Trinajstić information content (AvgIpc) is 2.46. The highest BCUT2D eigenvalue weighted by Crippen LogP contribution is 2.29. The minimum atomic E-state index is -2.24. The zero-order valence-corrected chi connectivity index (χ0v) is 10.9. The fraction of sp³-hybridized carbons (Fsp3) is 0.200. The maximum Gasteiger partial charge on any atom is 0.200 e. The fourth-order valence-electron chi connectivity index (χ4n) is 1.96. The van der Waals surface area contributed by atoms with Gasteiger partial charge in [0.15, 0.2) is 23.3 Å². The van der Waals surface area contributed by atoms with E-state index < -0.39 is 40.8 Å². The number of benzene rings is 2. The van der Waals surface area contributed by atoms with E-state index in [1.807, 2.05) is 6.92 Å². The lowest BCUT2D eigenvalue weighted by atomic mass is 9.99. The molecule has 0 aromatic heterocycles. The lowest BCUT2D eigenvalue weighted by Crippen LogP contribution is -2.13. The molecule has 1 unspecified atom stereocenters. The maximum atomic E-state index is 13.5. The van der Waals surface area contributed by atoms with Crippen molar-refractivity contribution in [1.29, 1.82) is 0 Å². The Balaban J connectivity index is 2.39. The Labute approximate surface area is 117 Å². The molecular formula is C15H11F5O. The van der Waals surface area contributed by atoms with Gasteiger partial charge in [-0.1, -0.05) is 29.8 Å². The Morgan fingerprint density at radius 2 is 1.24 bits per heavy atom. The van der Waals surface area contributed by atoms with Crippen LogP contribution in [-0.4, -0.2) is 5.11 Å². The average molecular weight is 302 g/mol. The van der Waals surface area contributed by atoms with Crippen LogP contribution in [-0.2, 0) is 6.42 Å². The molecule has 0 bridgehead atoms. The Morgan fingerprint density at radius 3 is 1.71 bits per heavy atom. The third kappa shape index (κ3) is 2.90. The molecule has 6 heteroatoms. The second-order valence-corrected chi connectivity index (χ2v) is 4.69. The van der Waals surface area contributed by atoms with Crippen LogP contribution in [0.5, 0.6) is 0 Å². The summed E-state index contributed by atoms with van der Waals surface area (Å²) in [6.45, 7) is 1.82. The molecule has 21 heavy (non-hydrogen) atoms. The van der Waals surface area contributed by atoms with Crippen LogP contribution in [0, 0.1) is 36.0 Å². The molecule has 0 amide bonds. The third-order valence-corrected chi connectivity index (χ3v) is 3.13. The van der Waals surface area contributed by atoms with Crippen molar-refractivity contribution in [3.8, 4) is 0 Å². The summed E-state index contributed by atoms with van der Waals surface area (Å²) < 4.78 is 66.2. The summed E-state index contributed by atoms with van der Waals surface area (Å²) in [6, 6.07) is 6.62.